The van der Waals surface area contributed by atoms with E-state index >= 15 is 0 Å². The second kappa shape index (κ2) is 8.69. The minimum Gasteiger partial charge on any atom is -0.482 e. The van der Waals surface area contributed by atoms with Crippen molar-refractivity contribution in [1.82, 2.24) is 4.90 Å². The molecule has 2 fully saturated rings. The molecule has 1 aromatic carbocycles. The number of hydrogen-bond acceptors (Lipinski definition) is 6. The molecule has 9 heteroatoms. The Hall–Kier alpha value is -1.80. The number of amides is 1. The number of sulfone groups is 1. The molecule has 0 aromatic heterocycles. The van der Waals surface area contributed by atoms with Crippen LogP contribution in [-0.4, -0.2) is 62.5 Å². The van der Waals surface area contributed by atoms with Crippen LogP contribution < -0.4 is 4.74 Å². The lowest BCUT2D eigenvalue weighted by atomic mass is 10.1. The smallest absolute Gasteiger partial charge is 0.337 e. The molecule has 0 unspecified atom stereocenters. The predicted octanol–water partition coefficient (Wildman–Crippen LogP) is 2.46. The van der Waals surface area contributed by atoms with E-state index in [-0.39, 0.29) is 52.4 Å². The zero-order valence-corrected chi connectivity index (χ0v) is 17.3. The van der Waals surface area contributed by atoms with Crippen molar-refractivity contribution in [3.63, 3.8) is 0 Å². The summed E-state index contributed by atoms with van der Waals surface area (Å²) in [5, 5.41) is 0.201. The fourth-order valence-corrected chi connectivity index (χ4v) is 5.91. The summed E-state index contributed by atoms with van der Waals surface area (Å²) in [5.41, 5.74) is 0.287. The highest BCUT2D eigenvalue weighted by atomic mass is 35.5. The van der Waals surface area contributed by atoms with Gasteiger partial charge in [-0.2, -0.15) is 0 Å². The van der Waals surface area contributed by atoms with Gasteiger partial charge in [-0.25, -0.2) is 13.2 Å². The Bertz CT molecular complexity index is 850. The summed E-state index contributed by atoms with van der Waals surface area (Å²) < 4.78 is 34.0. The number of methoxy groups -OCH3 is 1. The van der Waals surface area contributed by atoms with Crippen LogP contribution in [0.1, 0.15) is 42.5 Å². The average molecular weight is 430 g/mol. The van der Waals surface area contributed by atoms with E-state index in [0.29, 0.717) is 6.42 Å². The summed E-state index contributed by atoms with van der Waals surface area (Å²) in [6.07, 6.45) is 4.32. The van der Waals surface area contributed by atoms with Crippen LogP contribution in [0, 0.1) is 0 Å². The van der Waals surface area contributed by atoms with Crippen LogP contribution in [0.5, 0.6) is 5.75 Å². The van der Waals surface area contributed by atoms with E-state index in [9.17, 15) is 18.0 Å². The third-order valence-corrected chi connectivity index (χ3v) is 7.36. The number of esters is 1. The van der Waals surface area contributed by atoms with Gasteiger partial charge in [0.15, 0.2) is 16.4 Å². The van der Waals surface area contributed by atoms with E-state index in [0.717, 1.165) is 25.7 Å². The van der Waals surface area contributed by atoms with E-state index in [1.807, 2.05) is 0 Å². The largest absolute Gasteiger partial charge is 0.482 e. The zero-order chi connectivity index (χ0) is 20.3. The lowest BCUT2D eigenvalue weighted by Gasteiger charge is -2.34. The predicted molar refractivity (Wildman–Crippen MR) is 104 cm³/mol. The summed E-state index contributed by atoms with van der Waals surface area (Å²) in [4.78, 5) is 26.2. The molecule has 0 radical (unpaired) electrons. The molecule has 1 aliphatic carbocycles. The van der Waals surface area contributed by atoms with Gasteiger partial charge in [-0.3, -0.25) is 4.79 Å². The molecule has 1 atom stereocenters. The first kappa shape index (κ1) is 20.9. The fraction of sp³-hybridized carbons (Fsp3) is 0.579. The van der Waals surface area contributed by atoms with Crippen molar-refractivity contribution in [2.45, 2.75) is 44.2 Å². The number of carbonyl (C=O) groups is 2. The number of ether oxygens (including phenoxy) is 2. The molecule has 1 aliphatic heterocycles. The SMILES string of the molecule is COC(=O)c1ccc(OCC(=O)N(C2CCCC2)[C@@H]2CCS(=O)(=O)C2)c(Cl)c1. The van der Waals surface area contributed by atoms with Crippen molar-refractivity contribution in [2.24, 2.45) is 0 Å². The number of halogens is 1. The van der Waals surface area contributed by atoms with E-state index in [1.54, 1.807) is 4.90 Å². The molecule has 1 aromatic rings. The standard InChI is InChI=1S/C19H24ClNO6S/c1-26-19(23)13-6-7-17(16(20)10-13)27-11-18(22)21(14-4-2-3-5-14)15-8-9-28(24,25)12-15/h6-7,10,14-15H,2-5,8-9,11-12H2,1H3/t15-/m1/s1. The van der Waals surface area contributed by atoms with E-state index in [2.05, 4.69) is 4.74 Å². The number of nitrogens with zero attached hydrogens (tertiary/aromatic N) is 1. The molecule has 1 saturated carbocycles. The van der Waals surface area contributed by atoms with Crippen LogP contribution in [0.3, 0.4) is 0 Å². The highest BCUT2D eigenvalue weighted by Gasteiger charge is 2.39. The third kappa shape index (κ3) is 4.78. The van der Waals surface area contributed by atoms with Gasteiger partial charge in [0.05, 0.1) is 29.2 Å². The maximum absolute atomic E-state index is 12.9. The van der Waals surface area contributed by atoms with Crippen molar-refractivity contribution < 1.29 is 27.5 Å². The Kier molecular flexibility index (Phi) is 6.50. The van der Waals surface area contributed by atoms with Crippen LogP contribution in [0.4, 0.5) is 0 Å². The van der Waals surface area contributed by atoms with E-state index < -0.39 is 15.8 Å². The van der Waals surface area contributed by atoms with Crippen LogP contribution in [0.15, 0.2) is 18.2 Å². The topological polar surface area (TPSA) is 90.0 Å². The van der Waals surface area contributed by atoms with Crippen LogP contribution >= 0.6 is 11.6 Å². The molecule has 154 valence electrons. The summed E-state index contributed by atoms with van der Waals surface area (Å²) in [6, 6.07) is 4.22. The summed E-state index contributed by atoms with van der Waals surface area (Å²) in [6.45, 7) is -0.232. The third-order valence-electron chi connectivity index (χ3n) is 5.31. The monoisotopic (exact) mass is 429 g/mol. The second-order valence-electron chi connectivity index (χ2n) is 7.22. The van der Waals surface area contributed by atoms with Crippen molar-refractivity contribution >= 4 is 33.3 Å². The van der Waals surface area contributed by atoms with E-state index in [1.165, 1.54) is 25.3 Å². The molecule has 0 spiro atoms. The van der Waals surface area contributed by atoms with Crippen LogP contribution in [-0.2, 0) is 19.4 Å². The Morgan fingerprint density at radius 2 is 1.89 bits per heavy atom. The molecular weight excluding hydrogens is 406 g/mol. The van der Waals surface area contributed by atoms with Gasteiger partial charge in [0.25, 0.3) is 5.91 Å². The maximum Gasteiger partial charge on any atom is 0.337 e. The highest BCUT2D eigenvalue weighted by molar-refractivity contribution is 7.91. The molecule has 1 saturated heterocycles. The molecule has 2 aliphatic rings. The first-order valence-electron chi connectivity index (χ1n) is 9.33. The Labute approximate surface area is 169 Å². The van der Waals surface area contributed by atoms with Crippen molar-refractivity contribution in [2.75, 3.05) is 25.2 Å². The quantitative estimate of drug-likeness (QED) is 0.645. The van der Waals surface area contributed by atoms with Gasteiger partial charge < -0.3 is 14.4 Å². The lowest BCUT2D eigenvalue weighted by Crippen LogP contribution is -2.48. The Balaban J connectivity index is 1.69. The van der Waals surface area contributed by atoms with Crippen LogP contribution in [0.25, 0.3) is 0 Å². The number of benzene rings is 1. The second-order valence-corrected chi connectivity index (χ2v) is 9.86. The van der Waals surface area contributed by atoms with Crippen LogP contribution in [0.2, 0.25) is 5.02 Å². The van der Waals surface area contributed by atoms with Gasteiger partial charge in [-0.1, -0.05) is 24.4 Å². The number of carbonyl (C=O) groups excluding carboxylic acids is 2. The van der Waals surface area contributed by atoms with Crippen molar-refractivity contribution in [3.8, 4) is 5.75 Å². The first-order chi connectivity index (χ1) is 13.3. The van der Waals surface area contributed by atoms with Gasteiger partial charge in [-0.15, -0.1) is 0 Å². The van der Waals surface area contributed by atoms with Gasteiger partial charge in [0.2, 0.25) is 0 Å². The molecule has 7 nitrogen and oxygen atoms in total. The Morgan fingerprint density at radius 1 is 1.18 bits per heavy atom. The van der Waals surface area contributed by atoms with Gasteiger partial charge in [0, 0.05) is 12.1 Å². The minimum atomic E-state index is -3.09. The summed E-state index contributed by atoms with van der Waals surface area (Å²) in [7, 11) is -1.81. The maximum atomic E-state index is 12.9. The van der Waals surface area contributed by atoms with Gasteiger partial charge >= 0.3 is 5.97 Å². The normalized spacial score (nSPS) is 21.4. The molecule has 3 rings (SSSR count). The van der Waals surface area contributed by atoms with Gasteiger partial charge in [0.1, 0.15) is 5.75 Å². The molecule has 0 N–H and O–H groups in total. The van der Waals surface area contributed by atoms with Gasteiger partial charge in [-0.05, 0) is 37.5 Å². The average Bonchev–Trinajstić information content (AvgIpc) is 3.30. The molecule has 0 bridgehead atoms. The minimum absolute atomic E-state index is 0.0177. The highest BCUT2D eigenvalue weighted by Crippen LogP contribution is 2.30. The van der Waals surface area contributed by atoms with E-state index in [4.69, 9.17) is 16.3 Å². The number of hydrogen-bond donors (Lipinski definition) is 0. The molecular formula is C19H24ClNO6S. The van der Waals surface area contributed by atoms with Crippen molar-refractivity contribution in [1.29, 1.82) is 0 Å². The first-order valence-corrected chi connectivity index (χ1v) is 11.5. The summed E-state index contributed by atoms with van der Waals surface area (Å²) in [5.74, 6) is -0.325. The molecule has 1 heterocycles. The molecule has 28 heavy (non-hydrogen) atoms. The summed E-state index contributed by atoms with van der Waals surface area (Å²) >= 11 is 6.15. The fourth-order valence-electron chi connectivity index (χ4n) is 3.96. The van der Waals surface area contributed by atoms with Crippen molar-refractivity contribution in [3.05, 3.63) is 28.8 Å². The zero-order valence-electron chi connectivity index (χ0n) is 15.7. The Morgan fingerprint density at radius 3 is 2.46 bits per heavy atom. The number of rotatable bonds is 6. The lowest BCUT2D eigenvalue weighted by molar-refractivity contribution is -0.137. The molecule has 1 amide bonds.